The van der Waals surface area contributed by atoms with E-state index >= 15 is 0 Å². The molecule has 2 heterocycles. The highest BCUT2D eigenvalue weighted by Crippen LogP contribution is 2.33. The Morgan fingerprint density at radius 2 is 2.25 bits per heavy atom. The first-order valence-electron chi connectivity index (χ1n) is 7.11. The number of aromatic nitrogens is 1. The lowest BCUT2D eigenvalue weighted by Crippen LogP contribution is -2.43. The molecule has 1 fully saturated rings. The van der Waals surface area contributed by atoms with Gasteiger partial charge in [0.1, 0.15) is 0 Å². The quantitative estimate of drug-likeness (QED) is 0.872. The third-order valence-corrected chi connectivity index (χ3v) is 5.01. The normalized spacial score (nSPS) is 21.6. The van der Waals surface area contributed by atoms with E-state index in [1.54, 1.807) is 6.92 Å². The van der Waals surface area contributed by atoms with Crippen LogP contribution in [0.5, 0.6) is 0 Å². The zero-order valence-corrected chi connectivity index (χ0v) is 13.0. The summed E-state index contributed by atoms with van der Waals surface area (Å²) < 4.78 is 5.95. The Hall–Kier alpha value is -1.14. The molecule has 5 nitrogen and oxygen atoms in total. The second kappa shape index (κ2) is 6.10. The molecule has 1 unspecified atom stereocenters. The molecule has 0 radical (unpaired) electrons. The van der Waals surface area contributed by atoms with Gasteiger partial charge in [0.15, 0.2) is 10.8 Å². The molecule has 0 spiro atoms. The van der Waals surface area contributed by atoms with Crippen molar-refractivity contribution in [2.24, 2.45) is 0 Å². The van der Waals surface area contributed by atoms with Gasteiger partial charge in [-0.1, -0.05) is 13.8 Å². The minimum Gasteiger partial charge on any atom is -0.476 e. The van der Waals surface area contributed by atoms with E-state index in [1.807, 2.05) is 0 Å². The Morgan fingerprint density at radius 3 is 2.80 bits per heavy atom. The molecule has 1 aliphatic rings. The molecule has 0 aromatic carbocycles. The molecule has 2 N–H and O–H groups in total. The third-order valence-electron chi connectivity index (χ3n) is 4.11. The number of hydrogen-bond donors (Lipinski definition) is 2. The molecule has 1 atom stereocenters. The van der Waals surface area contributed by atoms with Gasteiger partial charge < -0.3 is 15.2 Å². The molecule has 0 saturated carbocycles. The van der Waals surface area contributed by atoms with E-state index in [2.05, 4.69) is 24.1 Å². The van der Waals surface area contributed by atoms with Gasteiger partial charge in [-0.25, -0.2) is 9.78 Å². The number of nitrogens with one attached hydrogen (secondary N) is 1. The van der Waals surface area contributed by atoms with Crippen LogP contribution in [-0.4, -0.2) is 34.3 Å². The van der Waals surface area contributed by atoms with Gasteiger partial charge in [-0.2, -0.15) is 0 Å². The number of aromatic carboxylic acids is 1. The number of hydrogen-bond acceptors (Lipinski definition) is 5. The van der Waals surface area contributed by atoms with E-state index in [-0.39, 0.29) is 11.3 Å². The van der Waals surface area contributed by atoms with Crippen LogP contribution in [0.3, 0.4) is 0 Å². The summed E-state index contributed by atoms with van der Waals surface area (Å²) >= 11 is 1.41. The third kappa shape index (κ3) is 3.12. The molecule has 0 aliphatic carbocycles. The highest BCUT2D eigenvalue weighted by molar-refractivity contribution is 7.15. The fourth-order valence-corrected chi connectivity index (χ4v) is 3.61. The number of aryl methyl sites for hydroxylation is 1. The largest absolute Gasteiger partial charge is 0.476 e. The number of carboxylic acids is 1. The summed E-state index contributed by atoms with van der Waals surface area (Å²) in [6.07, 6.45) is 3.88. The number of nitrogens with zero attached hydrogens (tertiary/aromatic N) is 1. The molecule has 1 saturated heterocycles. The number of anilines is 1. The van der Waals surface area contributed by atoms with Gasteiger partial charge in [0.05, 0.1) is 5.60 Å². The van der Waals surface area contributed by atoms with Gasteiger partial charge >= 0.3 is 5.97 Å². The smallest absolute Gasteiger partial charge is 0.355 e. The van der Waals surface area contributed by atoms with E-state index < -0.39 is 5.97 Å². The number of carboxylic acid groups (broad SMARTS) is 1. The van der Waals surface area contributed by atoms with Gasteiger partial charge in [0, 0.05) is 17.5 Å². The lowest BCUT2D eigenvalue weighted by atomic mass is 9.86. The molecule has 112 valence electrons. The molecule has 20 heavy (non-hydrogen) atoms. The van der Waals surface area contributed by atoms with Crippen molar-refractivity contribution >= 4 is 22.4 Å². The number of rotatable bonds is 5. The van der Waals surface area contributed by atoms with E-state index in [0.717, 1.165) is 37.2 Å². The predicted octanol–water partition coefficient (Wildman–Crippen LogP) is 3.30. The highest BCUT2D eigenvalue weighted by atomic mass is 32.1. The van der Waals surface area contributed by atoms with Crippen molar-refractivity contribution in [3.63, 3.8) is 0 Å². The maximum Gasteiger partial charge on any atom is 0.355 e. The molecule has 6 heteroatoms. The highest BCUT2D eigenvalue weighted by Gasteiger charge is 2.34. The lowest BCUT2D eigenvalue weighted by molar-refractivity contribution is -0.0864. The van der Waals surface area contributed by atoms with Crippen LogP contribution < -0.4 is 5.32 Å². The summed E-state index contributed by atoms with van der Waals surface area (Å²) in [5.74, 6) is -0.963. The van der Waals surface area contributed by atoms with Crippen LogP contribution in [0.4, 0.5) is 5.13 Å². The van der Waals surface area contributed by atoms with E-state index in [4.69, 9.17) is 9.84 Å². The maximum absolute atomic E-state index is 11.0. The van der Waals surface area contributed by atoms with E-state index in [9.17, 15) is 4.79 Å². The number of carbonyl (C=O) groups is 1. The first-order chi connectivity index (χ1) is 9.49. The summed E-state index contributed by atoms with van der Waals surface area (Å²) in [4.78, 5) is 15.9. The first-order valence-corrected chi connectivity index (χ1v) is 7.92. The van der Waals surface area contributed by atoms with Gasteiger partial charge in [0.25, 0.3) is 0 Å². The maximum atomic E-state index is 11.0. The SMILES string of the molecule is CCC1(CC)CC(Nc2nc(C(=O)O)c(C)s2)CCO1. The first kappa shape index (κ1) is 15.3. The monoisotopic (exact) mass is 298 g/mol. The molecule has 0 bridgehead atoms. The Bertz CT molecular complexity index is 483. The van der Waals surface area contributed by atoms with Crippen molar-refractivity contribution in [1.29, 1.82) is 0 Å². The minimum atomic E-state index is -0.963. The second-order valence-electron chi connectivity index (χ2n) is 5.30. The Kier molecular flexibility index (Phi) is 4.65. The van der Waals surface area contributed by atoms with Gasteiger partial charge in [0.2, 0.25) is 0 Å². The molecule has 1 aromatic heterocycles. The zero-order valence-electron chi connectivity index (χ0n) is 12.2. The van der Waals surface area contributed by atoms with Crippen LogP contribution in [0.25, 0.3) is 0 Å². The predicted molar refractivity (Wildman–Crippen MR) is 79.7 cm³/mol. The van der Waals surface area contributed by atoms with Crippen LogP contribution in [-0.2, 0) is 4.74 Å². The van der Waals surface area contributed by atoms with Crippen molar-refractivity contribution in [3.05, 3.63) is 10.6 Å². The average Bonchev–Trinajstić information content (AvgIpc) is 2.80. The summed E-state index contributed by atoms with van der Waals surface area (Å²) in [5.41, 5.74) is 0.111. The second-order valence-corrected chi connectivity index (χ2v) is 6.50. The van der Waals surface area contributed by atoms with Crippen LogP contribution in [0.15, 0.2) is 0 Å². The minimum absolute atomic E-state index is 0.0438. The Labute approximate surface area is 123 Å². The van der Waals surface area contributed by atoms with Crippen LogP contribution in [0.1, 0.15) is 54.9 Å². The van der Waals surface area contributed by atoms with Gasteiger partial charge in [-0.15, -0.1) is 11.3 Å². The van der Waals surface area contributed by atoms with Crippen LogP contribution >= 0.6 is 11.3 Å². The lowest BCUT2D eigenvalue weighted by Gasteiger charge is -2.40. The van der Waals surface area contributed by atoms with Crippen LogP contribution in [0.2, 0.25) is 0 Å². The Balaban J connectivity index is 2.06. The standard InChI is InChI=1S/C14H22N2O3S/c1-4-14(5-2)8-10(6-7-19-14)15-13-16-11(12(17)18)9(3)20-13/h10H,4-8H2,1-3H3,(H,15,16)(H,17,18). The fraction of sp³-hybridized carbons (Fsp3) is 0.714. The van der Waals surface area contributed by atoms with Crippen LogP contribution in [0, 0.1) is 6.92 Å². The van der Waals surface area contributed by atoms with Crippen molar-refractivity contribution in [2.75, 3.05) is 11.9 Å². The molecular weight excluding hydrogens is 276 g/mol. The molecule has 1 aromatic rings. The molecule has 0 amide bonds. The van der Waals surface area contributed by atoms with Crippen molar-refractivity contribution < 1.29 is 14.6 Å². The molecule has 1 aliphatic heterocycles. The topological polar surface area (TPSA) is 71.5 Å². The fourth-order valence-electron chi connectivity index (χ4n) is 2.72. The van der Waals surface area contributed by atoms with E-state index in [0.29, 0.717) is 11.2 Å². The van der Waals surface area contributed by atoms with E-state index in [1.165, 1.54) is 11.3 Å². The number of ether oxygens (including phenoxy) is 1. The zero-order chi connectivity index (χ0) is 14.8. The number of thiazole rings is 1. The van der Waals surface area contributed by atoms with Gasteiger partial charge in [-0.05, 0) is 32.6 Å². The van der Waals surface area contributed by atoms with Gasteiger partial charge in [-0.3, -0.25) is 0 Å². The molecule has 2 rings (SSSR count). The van der Waals surface area contributed by atoms with Crippen molar-refractivity contribution in [2.45, 2.75) is 58.1 Å². The Morgan fingerprint density at radius 1 is 1.55 bits per heavy atom. The van der Waals surface area contributed by atoms with Crippen molar-refractivity contribution in [1.82, 2.24) is 4.98 Å². The summed E-state index contributed by atoms with van der Waals surface area (Å²) in [6.45, 7) is 6.85. The van der Waals surface area contributed by atoms with Crippen molar-refractivity contribution in [3.8, 4) is 0 Å². The molecular formula is C14H22N2O3S. The average molecular weight is 298 g/mol. The summed E-state index contributed by atoms with van der Waals surface area (Å²) in [7, 11) is 0. The summed E-state index contributed by atoms with van der Waals surface area (Å²) in [6, 6.07) is 0.302. The summed E-state index contributed by atoms with van der Waals surface area (Å²) in [5, 5.41) is 13.1.